The normalized spacial score (nSPS) is 10.8. The lowest BCUT2D eigenvalue weighted by molar-refractivity contribution is 0.0686. The van der Waals surface area contributed by atoms with E-state index >= 15 is 0 Å². The van der Waals surface area contributed by atoms with Crippen molar-refractivity contribution in [3.05, 3.63) is 53.5 Å². The Morgan fingerprint density at radius 3 is 2.44 bits per heavy atom. The van der Waals surface area contributed by atoms with Crippen LogP contribution in [0.4, 0.5) is 4.39 Å². The maximum atomic E-state index is 13.2. The van der Waals surface area contributed by atoms with E-state index in [2.05, 4.69) is 5.16 Å². The number of aromatic nitrogens is 1. The molecule has 0 aliphatic heterocycles. The van der Waals surface area contributed by atoms with Gasteiger partial charge in [-0.25, -0.2) is 9.18 Å². The van der Waals surface area contributed by atoms with Gasteiger partial charge in [-0.1, -0.05) is 24.2 Å². The number of phenols is 2. The van der Waals surface area contributed by atoms with Gasteiger partial charge in [0.05, 0.1) is 11.1 Å². The van der Waals surface area contributed by atoms with Crippen LogP contribution in [-0.4, -0.2) is 26.4 Å². The van der Waals surface area contributed by atoms with Gasteiger partial charge in [-0.15, -0.1) is 0 Å². The van der Waals surface area contributed by atoms with Gasteiger partial charge in [-0.3, -0.25) is 0 Å². The first-order chi connectivity index (χ1) is 11.9. The van der Waals surface area contributed by atoms with Crippen LogP contribution in [-0.2, 0) is 6.42 Å². The molecule has 3 aromatic rings. The summed E-state index contributed by atoms with van der Waals surface area (Å²) in [5, 5.41) is 32.9. The van der Waals surface area contributed by atoms with Crippen LogP contribution in [0, 0.1) is 5.82 Å². The van der Waals surface area contributed by atoms with E-state index in [1.807, 2.05) is 6.92 Å². The van der Waals surface area contributed by atoms with Crippen LogP contribution in [0.15, 0.2) is 40.9 Å². The summed E-state index contributed by atoms with van der Waals surface area (Å²) in [4.78, 5) is 11.5. The zero-order valence-electron chi connectivity index (χ0n) is 13.2. The SMILES string of the molecule is CCc1cc(-c2onc(C(=O)O)c2-c2ccc(F)cc2)c(O)cc1O. The number of carboxylic acid groups (broad SMARTS) is 1. The quantitative estimate of drug-likeness (QED) is 0.665. The third-order valence-corrected chi connectivity index (χ3v) is 3.85. The van der Waals surface area contributed by atoms with Gasteiger partial charge in [-0.2, -0.15) is 0 Å². The van der Waals surface area contributed by atoms with E-state index in [1.165, 1.54) is 30.3 Å². The number of phenolic OH excluding ortho intramolecular Hbond substituents is 2. The van der Waals surface area contributed by atoms with Crippen LogP contribution in [0.3, 0.4) is 0 Å². The number of aromatic hydroxyl groups is 2. The first-order valence-electron chi connectivity index (χ1n) is 7.46. The Balaban J connectivity index is 2.28. The standard InChI is InChI=1S/C18H14FNO5/c1-2-9-7-12(14(22)8-13(9)21)17-15(16(18(23)24)20-25-17)10-3-5-11(19)6-4-10/h3-8,21-22H,2H2,1H3,(H,23,24). The summed E-state index contributed by atoms with van der Waals surface area (Å²) >= 11 is 0. The van der Waals surface area contributed by atoms with Crippen LogP contribution in [0.25, 0.3) is 22.5 Å². The van der Waals surface area contributed by atoms with Gasteiger partial charge < -0.3 is 19.8 Å². The summed E-state index contributed by atoms with van der Waals surface area (Å²) in [5.74, 6) is -2.13. The predicted molar refractivity (Wildman–Crippen MR) is 87.0 cm³/mol. The molecule has 3 rings (SSSR count). The highest BCUT2D eigenvalue weighted by Crippen LogP contribution is 2.41. The number of halogens is 1. The lowest BCUT2D eigenvalue weighted by Crippen LogP contribution is -1.99. The van der Waals surface area contributed by atoms with Crippen molar-refractivity contribution in [2.24, 2.45) is 0 Å². The molecular formula is C18H14FNO5. The van der Waals surface area contributed by atoms with Crippen molar-refractivity contribution in [2.45, 2.75) is 13.3 Å². The number of hydrogen-bond acceptors (Lipinski definition) is 5. The van der Waals surface area contributed by atoms with Crippen LogP contribution in [0.2, 0.25) is 0 Å². The second-order valence-corrected chi connectivity index (χ2v) is 5.40. The third kappa shape index (κ3) is 2.91. The van der Waals surface area contributed by atoms with E-state index in [0.717, 1.165) is 6.07 Å². The van der Waals surface area contributed by atoms with Crippen molar-refractivity contribution in [2.75, 3.05) is 0 Å². The van der Waals surface area contributed by atoms with Crippen molar-refractivity contribution in [3.8, 4) is 33.9 Å². The predicted octanol–water partition coefficient (Wildman–Crippen LogP) is 3.82. The lowest BCUT2D eigenvalue weighted by atomic mass is 9.97. The first-order valence-corrected chi connectivity index (χ1v) is 7.46. The topological polar surface area (TPSA) is 104 Å². The van der Waals surface area contributed by atoms with E-state index in [0.29, 0.717) is 17.5 Å². The third-order valence-electron chi connectivity index (χ3n) is 3.85. The second kappa shape index (κ2) is 6.27. The van der Waals surface area contributed by atoms with Crippen LogP contribution in [0.1, 0.15) is 23.0 Å². The molecule has 0 saturated carbocycles. The molecule has 6 nitrogen and oxygen atoms in total. The Morgan fingerprint density at radius 2 is 1.84 bits per heavy atom. The van der Waals surface area contributed by atoms with Gasteiger partial charge in [0.2, 0.25) is 0 Å². The molecule has 3 N–H and O–H groups in total. The van der Waals surface area contributed by atoms with Gasteiger partial charge in [0.1, 0.15) is 17.3 Å². The molecule has 128 valence electrons. The Morgan fingerprint density at radius 1 is 1.16 bits per heavy atom. The number of carboxylic acids is 1. The van der Waals surface area contributed by atoms with E-state index in [9.17, 15) is 24.5 Å². The molecule has 0 atom stereocenters. The van der Waals surface area contributed by atoms with Gasteiger partial charge in [0.25, 0.3) is 0 Å². The molecule has 0 saturated heterocycles. The highest BCUT2D eigenvalue weighted by molar-refractivity contribution is 5.98. The zero-order chi connectivity index (χ0) is 18.1. The minimum atomic E-state index is -1.32. The number of carbonyl (C=O) groups is 1. The number of benzene rings is 2. The van der Waals surface area contributed by atoms with E-state index in [1.54, 1.807) is 0 Å². The average molecular weight is 343 g/mol. The van der Waals surface area contributed by atoms with Crippen LogP contribution >= 0.6 is 0 Å². The molecule has 0 unspecified atom stereocenters. The maximum Gasteiger partial charge on any atom is 0.358 e. The molecule has 0 aliphatic carbocycles. The van der Waals surface area contributed by atoms with Crippen LogP contribution in [0.5, 0.6) is 11.5 Å². The Kier molecular flexibility index (Phi) is 4.14. The Labute approximate surface area is 141 Å². The minimum absolute atomic E-state index is 0.0243. The summed E-state index contributed by atoms with van der Waals surface area (Å²) in [6, 6.07) is 7.83. The maximum absolute atomic E-state index is 13.2. The second-order valence-electron chi connectivity index (χ2n) is 5.40. The molecule has 1 heterocycles. The van der Waals surface area contributed by atoms with Crippen molar-refractivity contribution in [3.63, 3.8) is 0 Å². The number of rotatable bonds is 4. The van der Waals surface area contributed by atoms with E-state index in [-0.39, 0.29) is 34.1 Å². The van der Waals surface area contributed by atoms with E-state index < -0.39 is 11.8 Å². The Bertz CT molecular complexity index is 947. The molecule has 0 aliphatic rings. The lowest BCUT2D eigenvalue weighted by Gasteiger charge is -2.09. The fourth-order valence-electron chi connectivity index (χ4n) is 2.59. The number of nitrogens with zero attached hydrogens (tertiary/aromatic N) is 1. The summed E-state index contributed by atoms with van der Waals surface area (Å²) in [7, 11) is 0. The zero-order valence-corrected chi connectivity index (χ0v) is 13.2. The molecule has 0 fully saturated rings. The van der Waals surface area contributed by atoms with Crippen molar-refractivity contribution < 1.29 is 29.0 Å². The van der Waals surface area contributed by atoms with Crippen molar-refractivity contribution in [1.82, 2.24) is 5.16 Å². The fraction of sp³-hybridized carbons (Fsp3) is 0.111. The largest absolute Gasteiger partial charge is 0.508 e. The van der Waals surface area contributed by atoms with Crippen molar-refractivity contribution in [1.29, 1.82) is 0 Å². The molecule has 0 radical (unpaired) electrons. The summed E-state index contributed by atoms with van der Waals surface area (Å²) in [6.07, 6.45) is 0.491. The number of aryl methyl sites for hydroxylation is 1. The average Bonchev–Trinajstić information content (AvgIpc) is 3.00. The first kappa shape index (κ1) is 16.5. The van der Waals surface area contributed by atoms with Gasteiger partial charge in [0, 0.05) is 6.07 Å². The minimum Gasteiger partial charge on any atom is -0.508 e. The Hall–Kier alpha value is -3.35. The summed E-state index contributed by atoms with van der Waals surface area (Å²) < 4.78 is 18.4. The molecule has 0 amide bonds. The van der Waals surface area contributed by atoms with Crippen LogP contribution < -0.4 is 0 Å². The summed E-state index contributed by atoms with van der Waals surface area (Å²) in [6.45, 7) is 1.82. The van der Waals surface area contributed by atoms with Gasteiger partial charge in [-0.05, 0) is 35.7 Å². The number of hydrogen-bond donors (Lipinski definition) is 3. The molecular weight excluding hydrogens is 329 g/mol. The molecule has 0 spiro atoms. The highest BCUT2D eigenvalue weighted by atomic mass is 19.1. The molecule has 25 heavy (non-hydrogen) atoms. The van der Waals surface area contributed by atoms with Gasteiger partial charge in [0.15, 0.2) is 11.5 Å². The van der Waals surface area contributed by atoms with Gasteiger partial charge >= 0.3 is 5.97 Å². The fourth-order valence-corrected chi connectivity index (χ4v) is 2.59. The number of aromatic carboxylic acids is 1. The molecule has 1 aromatic heterocycles. The molecule has 0 bridgehead atoms. The highest BCUT2D eigenvalue weighted by Gasteiger charge is 2.26. The smallest absolute Gasteiger partial charge is 0.358 e. The van der Waals surface area contributed by atoms with E-state index in [4.69, 9.17) is 4.52 Å². The summed E-state index contributed by atoms with van der Waals surface area (Å²) in [5.41, 5.74) is 0.878. The molecule has 7 heteroatoms. The van der Waals surface area contributed by atoms with Crippen molar-refractivity contribution >= 4 is 5.97 Å². The molecule has 2 aromatic carbocycles. The monoisotopic (exact) mass is 343 g/mol.